The minimum Gasteiger partial charge on any atom is -0.355 e. The van der Waals surface area contributed by atoms with Crippen LogP contribution in [0.25, 0.3) is 0 Å². The van der Waals surface area contributed by atoms with Gasteiger partial charge in [-0.05, 0) is 31.2 Å². The summed E-state index contributed by atoms with van der Waals surface area (Å²) in [5, 5.41) is 7.36. The molecule has 0 atom stereocenters. The fraction of sp³-hybridized carbons (Fsp3) is 0.400. The Balaban J connectivity index is 1.65. The lowest BCUT2D eigenvalue weighted by Crippen LogP contribution is -2.33. The smallest absolute Gasteiger partial charge is 0.150 e. The van der Waals surface area contributed by atoms with E-state index in [0.717, 1.165) is 24.6 Å². The molecule has 1 N–H and O–H groups in total. The zero-order chi connectivity index (χ0) is 12.4. The number of aromatic amines is 1. The highest BCUT2D eigenvalue weighted by atomic mass is 15.3. The topological polar surface area (TPSA) is 31.9 Å². The molecule has 3 heteroatoms. The lowest BCUT2D eigenvalue weighted by Gasteiger charge is -2.32. The highest BCUT2D eigenvalue weighted by Crippen LogP contribution is 2.29. The quantitative estimate of drug-likeness (QED) is 0.876. The number of rotatable bonds is 2. The van der Waals surface area contributed by atoms with Gasteiger partial charge in [-0.1, -0.05) is 30.3 Å². The van der Waals surface area contributed by atoms with Gasteiger partial charge >= 0.3 is 0 Å². The maximum atomic E-state index is 4.34. The molecule has 0 amide bonds. The van der Waals surface area contributed by atoms with Crippen molar-refractivity contribution in [2.75, 3.05) is 18.0 Å². The molecule has 1 fully saturated rings. The number of aryl methyl sites for hydroxylation is 1. The SMILES string of the molecule is Cc1cc(N2CCC(c3ccccc3)CC2)n[nH]1. The number of hydrogen-bond donors (Lipinski definition) is 1. The zero-order valence-corrected chi connectivity index (χ0v) is 10.8. The summed E-state index contributed by atoms with van der Waals surface area (Å²) in [6.45, 7) is 4.25. The molecule has 2 heterocycles. The van der Waals surface area contributed by atoms with Gasteiger partial charge < -0.3 is 4.90 Å². The molecular formula is C15H19N3. The van der Waals surface area contributed by atoms with Crippen LogP contribution in [0, 0.1) is 6.92 Å². The van der Waals surface area contributed by atoms with Gasteiger partial charge in [0.25, 0.3) is 0 Å². The molecule has 3 rings (SSSR count). The number of anilines is 1. The first-order valence-corrected chi connectivity index (χ1v) is 6.65. The van der Waals surface area contributed by atoms with Gasteiger partial charge in [-0.3, -0.25) is 5.10 Å². The van der Waals surface area contributed by atoms with Gasteiger partial charge in [-0.2, -0.15) is 5.10 Å². The van der Waals surface area contributed by atoms with Crippen molar-refractivity contribution in [3.05, 3.63) is 47.7 Å². The summed E-state index contributed by atoms with van der Waals surface area (Å²) in [5.74, 6) is 1.81. The van der Waals surface area contributed by atoms with Crippen LogP contribution in [-0.2, 0) is 0 Å². The lowest BCUT2D eigenvalue weighted by molar-refractivity contribution is 0.502. The Bertz CT molecular complexity index is 495. The molecule has 0 radical (unpaired) electrons. The van der Waals surface area contributed by atoms with Gasteiger partial charge in [-0.15, -0.1) is 0 Å². The van der Waals surface area contributed by atoms with E-state index in [4.69, 9.17) is 0 Å². The number of benzene rings is 1. The Morgan fingerprint density at radius 3 is 2.50 bits per heavy atom. The third-order valence-corrected chi connectivity index (χ3v) is 3.78. The molecule has 1 aromatic heterocycles. The van der Waals surface area contributed by atoms with Crippen molar-refractivity contribution >= 4 is 5.82 Å². The van der Waals surface area contributed by atoms with Gasteiger partial charge in [0, 0.05) is 24.8 Å². The van der Waals surface area contributed by atoms with E-state index in [-0.39, 0.29) is 0 Å². The summed E-state index contributed by atoms with van der Waals surface area (Å²) in [6, 6.07) is 13.0. The third kappa shape index (κ3) is 2.26. The van der Waals surface area contributed by atoms with E-state index in [1.165, 1.54) is 18.4 Å². The van der Waals surface area contributed by atoms with Crippen molar-refractivity contribution in [2.45, 2.75) is 25.7 Å². The van der Waals surface area contributed by atoms with Crippen LogP contribution >= 0.6 is 0 Å². The summed E-state index contributed by atoms with van der Waals surface area (Å²) >= 11 is 0. The van der Waals surface area contributed by atoms with Crippen molar-refractivity contribution in [1.82, 2.24) is 10.2 Å². The molecule has 1 aliphatic heterocycles. The second-order valence-electron chi connectivity index (χ2n) is 5.08. The van der Waals surface area contributed by atoms with Gasteiger partial charge in [0.05, 0.1) is 0 Å². The maximum Gasteiger partial charge on any atom is 0.150 e. The van der Waals surface area contributed by atoms with E-state index in [1.807, 2.05) is 6.92 Å². The number of nitrogens with one attached hydrogen (secondary N) is 1. The van der Waals surface area contributed by atoms with Gasteiger partial charge in [0.2, 0.25) is 0 Å². The van der Waals surface area contributed by atoms with Crippen LogP contribution in [-0.4, -0.2) is 23.3 Å². The Morgan fingerprint density at radius 1 is 1.17 bits per heavy atom. The molecule has 1 saturated heterocycles. The van der Waals surface area contributed by atoms with Crippen LogP contribution in [0.4, 0.5) is 5.82 Å². The van der Waals surface area contributed by atoms with E-state index < -0.39 is 0 Å². The predicted molar refractivity (Wildman–Crippen MR) is 74.0 cm³/mol. The highest BCUT2D eigenvalue weighted by molar-refractivity contribution is 5.40. The number of aromatic nitrogens is 2. The van der Waals surface area contributed by atoms with Gasteiger partial charge in [0.1, 0.15) is 0 Å². The molecule has 0 spiro atoms. The largest absolute Gasteiger partial charge is 0.355 e. The first kappa shape index (κ1) is 11.3. The molecule has 18 heavy (non-hydrogen) atoms. The minimum absolute atomic E-state index is 0.711. The molecular weight excluding hydrogens is 222 g/mol. The molecule has 0 saturated carbocycles. The summed E-state index contributed by atoms with van der Waals surface area (Å²) in [7, 11) is 0. The zero-order valence-electron chi connectivity index (χ0n) is 10.8. The van der Waals surface area contributed by atoms with Crippen molar-refractivity contribution in [3.63, 3.8) is 0 Å². The number of piperidine rings is 1. The summed E-state index contributed by atoms with van der Waals surface area (Å²) in [6.07, 6.45) is 2.44. The first-order chi connectivity index (χ1) is 8.83. The Kier molecular flexibility index (Phi) is 3.05. The Hall–Kier alpha value is -1.77. The molecule has 94 valence electrons. The maximum absolute atomic E-state index is 4.34. The Morgan fingerprint density at radius 2 is 1.89 bits per heavy atom. The van der Waals surface area contributed by atoms with Crippen LogP contribution in [0.15, 0.2) is 36.4 Å². The van der Waals surface area contributed by atoms with E-state index >= 15 is 0 Å². The average molecular weight is 241 g/mol. The van der Waals surface area contributed by atoms with Crippen molar-refractivity contribution < 1.29 is 0 Å². The van der Waals surface area contributed by atoms with Crippen LogP contribution in [0.2, 0.25) is 0 Å². The molecule has 0 unspecified atom stereocenters. The van der Waals surface area contributed by atoms with E-state index in [1.54, 1.807) is 0 Å². The fourth-order valence-electron chi connectivity index (χ4n) is 2.73. The van der Waals surface area contributed by atoms with E-state index in [2.05, 4.69) is 51.5 Å². The number of hydrogen-bond acceptors (Lipinski definition) is 2. The average Bonchev–Trinajstić information content (AvgIpc) is 2.87. The molecule has 1 aromatic carbocycles. The second kappa shape index (κ2) is 4.84. The molecule has 0 bridgehead atoms. The molecule has 0 aliphatic carbocycles. The van der Waals surface area contributed by atoms with E-state index in [0.29, 0.717) is 5.92 Å². The van der Waals surface area contributed by atoms with Crippen molar-refractivity contribution in [3.8, 4) is 0 Å². The number of nitrogens with zero attached hydrogens (tertiary/aromatic N) is 2. The van der Waals surface area contributed by atoms with Gasteiger partial charge in [0.15, 0.2) is 5.82 Å². The summed E-state index contributed by atoms with van der Waals surface area (Å²) in [4.78, 5) is 2.38. The van der Waals surface area contributed by atoms with E-state index in [9.17, 15) is 0 Å². The van der Waals surface area contributed by atoms with Gasteiger partial charge in [-0.25, -0.2) is 0 Å². The standard InChI is InChI=1S/C15H19N3/c1-12-11-15(17-16-12)18-9-7-14(8-10-18)13-5-3-2-4-6-13/h2-6,11,14H,7-10H2,1H3,(H,16,17). The van der Waals surface area contributed by atoms with Crippen molar-refractivity contribution in [1.29, 1.82) is 0 Å². The van der Waals surface area contributed by atoms with Crippen LogP contribution in [0.5, 0.6) is 0 Å². The fourth-order valence-corrected chi connectivity index (χ4v) is 2.73. The number of H-pyrrole nitrogens is 1. The molecule has 2 aromatic rings. The van der Waals surface area contributed by atoms with Crippen LogP contribution in [0.1, 0.15) is 30.0 Å². The predicted octanol–water partition coefficient (Wildman–Crippen LogP) is 3.10. The molecule has 1 aliphatic rings. The van der Waals surface area contributed by atoms with Crippen LogP contribution in [0.3, 0.4) is 0 Å². The normalized spacial score (nSPS) is 17.1. The monoisotopic (exact) mass is 241 g/mol. The van der Waals surface area contributed by atoms with Crippen LogP contribution < -0.4 is 4.90 Å². The lowest BCUT2D eigenvalue weighted by atomic mass is 9.89. The highest BCUT2D eigenvalue weighted by Gasteiger charge is 2.21. The summed E-state index contributed by atoms with van der Waals surface area (Å²) in [5.41, 5.74) is 2.62. The molecule has 3 nitrogen and oxygen atoms in total. The van der Waals surface area contributed by atoms with Crippen molar-refractivity contribution in [2.24, 2.45) is 0 Å². The summed E-state index contributed by atoms with van der Waals surface area (Å²) < 4.78 is 0. The Labute approximate surface area is 108 Å². The third-order valence-electron chi connectivity index (χ3n) is 3.78. The minimum atomic E-state index is 0.711. The second-order valence-corrected chi connectivity index (χ2v) is 5.08. The first-order valence-electron chi connectivity index (χ1n) is 6.65.